The first-order valence-electron chi connectivity index (χ1n) is 1.56. The minimum Gasteiger partial charge on any atom is -0.178 e. The molecule has 0 rings (SSSR count). The molecule has 0 atom stereocenters. The molecule has 0 aromatic heterocycles. The van der Waals surface area contributed by atoms with Crippen LogP contribution in [0, 0.1) is 6.92 Å². The molecule has 0 N–H and O–H groups in total. The van der Waals surface area contributed by atoms with Gasteiger partial charge in [-0.1, -0.05) is 0 Å². The van der Waals surface area contributed by atoms with Gasteiger partial charge in [0.25, 0.3) is 0 Å². The Morgan fingerprint density at radius 1 is 1.60 bits per heavy atom. The van der Waals surface area contributed by atoms with E-state index in [9.17, 15) is 5.11 Å². The van der Waals surface area contributed by atoms with Gasteiger partial charge in [0.2, 0.25) is 5.60 Å². The van der Waals surface area contributed by atoms with E-state index >= 15 is 0 Å². The third-order valence-corrected chi connectivity index (χ3v) is 0. The lowest BCUT2D eigenvalue weighted by Gasteiger charge is -1.90. The molecular weight excluding hydrogens is 64.0 g/mol. The van der Waals surface area contributed by atoms with E-state index in [1.54, 1.807) is 0 Å². The van der Waals surface area contributed by atoms with Crippen LogP contribution in [0.25, 0.3) is 0 Å². The molecule has 1 heteroatoms. The monoisotopic (exact) mass is 72.1 g/mol. The fourth-order valence-electron chi connectivity index (χ4n) is 0. The van der Waals surface area contributed by atoms with E-state index in [1.807, 2.05) is 0 Å². The molecule has 0 saturated heterocycles. The Bertz CT molecular complexity index is 19.1. The lowest BCUT2D eigenvalue weighted by atomic mass is 10.2. The van der Waals surface area contributed by atoms with Crippen LogP contribution in [-0.2, 0) is 5.11 Å². The van der Waals surface area contributed by atoms with Gasteiger partial charge in [-0.05, 0) is 0 Å². The molecule has 0 heterocycles. The fourth-order valence-corrected chi connectivity index (χ4v) is 0. The highest BCUT2D eigenvalue weighted by molar-refractivity contribution is 4.64. The van der Waals surface area contributed by atoms with Crippen LogP contribution in [-0.4, -0.2) is 5.60 Å². The van der Waals surface area contributed by atoms with Crippen LogP contribution in [0.1, 0.15) is 13.8 Å². The largest absolute Gasteiger partial charge is 0.229 e. The second-order valence-corrected chi connectivity index (χ2v) is 1.76. The summed E-state index contributed by atoms with van der Waals surface area (Å²) in [4.78, 5) is 0. The van der Waals surface area contributed by atoms with Crippen molar-refractivity contribution in [2.24, 2.45) is 0 Å². The zero-order valence-corrected chi connectivity index (χ0v) is 3.62. The van der Waals surface area contributed by atoms with Crippen molar-refractivity contribution in [3.63, 3.8) is 0 Å². The summed E-state index contributed by atoms with van der Waals surface area (Å²) in [5.41, 5.74) is -1.00. The average molecular weight is 72.1 g/mol. The molecule has 0 aromatic rings. The number of hydrogen-bond acceptors (Lipinski definition) is 0. The van der Waals surface area contributed by atoms with Crippen molar-refractivity contribution in [2.45, 2.75) is 19.4 Å². The lowest BCUT2D eigenvalue weighted by Crippen LogP contribution is -2.08. The summed E-state index contributed by atoms with van der Waals surface area (Å²) < 4.78 is 0. The van der Waals surface area contributed by atoms with Gasteiger partial charge >= 0.3 is 0 Å². The highest BCUT2D eigenvalue weighted by Crippen LogP contribution is 1.94. The van der Waals surface area contributed by atoms with Gasteiger partial charge in [-0.3, -0.25) is 0 Å². The van der Waals surface area contributed by atoms with Crippen LogP contribution in [0.5, 0.6) is 0 Å². The van der Waals surface area contributed by atoms with Crippen molar-refractivity contribution < 1.29 is 5.11 Å². The van der Waals surface area contributed by atoms with E-state index in [2.05, 4.69) is 6.92 Å². The Kier molecular flexibility index (Phi) is 0.872. The zero-order valence-electron chi connectivity index (χ0n) is 3.62. The normalized spacial score (nSPS) is 11.8. The van der Waals surface area contributed by atoms with Crippen molar-refractivity contribution in [2.75, 3.05) is 0 Å². The quantitative estimate of drug-likeness (QED) is 0.381. The molecule has 0 aliphatic rings. The van der Waals surface area contributed by atoms with Gasteiger partial charge in [0.15, 0.2) is 0 Å². The maximum Gasteiger partial charge on any atom is 0.229 e. The summed E-state index contributed by atoms with van der Waals surface area (Å²) in [7, 11) is 0. The van der Waals surface area contributed by atoms with Crippen molar-refractivity contribution in [1.82, 2.24) is 0 Å². The van der Waals surface area contributed by atoms with E-state index in [0.717, 1.165) is 0 Å². The second kappa shape index (κ2) is 0.902. The van der Waals surface area contributed by atoms with Crippen LogP contribution < -0.4 is 0 Å². The molecule has 0 saturated carbocycles. The first-order valence-corrected chi connectivity index (χ1v) is 1.56. The zero-order chi connectivity index (χ0) is 4.50. The van der Waals surface area contributed by atoms with Gasteiger partial charge in [-0.25, -0.2) is 0 Å². The van der Waals surface area contributed by atoms with Gasteiger partial charge in [-0.2, -0.15) is 5.11 Å². The van der Waals surface area contributed by atoms with Crippen LogP contribution in [0.4, 0.5) is 0 Å². The van der Waals surface area contributed by atoms with Crippen LogP contribution >= 0.6 is 0 Å². The summed E-state index contributed by atoms with van der Waals surface area (Å²) >= 11 is 0. The summed E-state index contributed by atoms with van der Waals surface area (Å²) in [5, 5.41) is 9.99. The third-order valence-electron chi connectivity index (χ3n) is 0. The van der Waals surface area contributed by atoms with Gasteiger partial charge in [0.1, 0.15) is 0 Å². The van der Waals surface area contributed by atoms with E-state index in [0.29, 0.717) is 0 Å². The molecule has 0 unspecified atom stereocenters. The third kappa shape index (κ3) is 444. The maximum atomic E-state index is 9.99. The van der Waals surface area contributed by atoms with Gasteiger partial charge in [0.05, 0.1) is 6.92 Å². The predicted octanol–water partition coefficient (Wildman–Crippen LogP) is 1.03. The van der Waals surface area contributed by atoms with E-state index < -0.39 is 5.60 Å². The van der Waals surface area contributed by atoms with E-state index in [1.165, 1.54) is 13.8 Å². The Morgan fingerprint density at radius 3 is 1.60 bits per heavy atom. The minimum atomic E-state index is -1.00. The van der Waals surface area contributed by atoms with Crippen molar-refractivity contribution in [3.8, 4) is 0 Å². The van der Waals surface area contributed by atoms with Crippen LogP contribution in [0.3, 0.4) is 0 Å². The number of rotatable bonds is 0. The van der Waals surface area contributed by atoms with Gasteiger partial charge in [0, 0.05) is 13.8 Å². The molecule has 0 amide bonds. The Hall–Kier alpha value is -0.170. The molecule has 0 aromatic carbocycles. The van der Waals surface area contributed by atoms with Crippen molar-refractivity contribution >= 4 is 0 Å². The summed E-state index contributed by atoms with van der Waals surface area (Å²) in [5.74, 6) is 0. The maximum absolute atomic E-state index is 9.99. The summed E-state index contributed by atoms with van der Waals surface area (Å²) in [6.07, 6.45) is 0. The Morgan fingerprint density at radius 2 is 1.60 bits per heavy atom. The first kappa shape index (κ1) is 4.83. The van der Waals surface area contributed by atoms with Crippen LogP contribution in [0.15, 0.2) is 0 Å². The molecule has 0 aliphatic carbocycles. The molecule has 0 bridgehead atoms. The highest BCUT2D eigenvalue weighted by atomic mass is 16.3. The van der Waals surface area contributed by atoms with Crippen molar-refractivity contribution in [1.29, 1.82) is 0 Å². The predicted molar refractivity (Wildman–Crippen MR) is 20.1 cm³/mol. The highest BCUT2D eigenvalue weighted by Gasteiger charge is 2.11. The summed E-state index contributed by atoms with van der Waals surface area (Å²) in [6.45, 7) is 6.26. The first-order chi connectivity index (χ1) is 2.00. The lowest BCUT2D eigenvalue weighted by molar-refractivity contribution is 0.0463. The van der Waals surface area contributed by atoms with E-state index in [-0.39, 0.29) is 0 Å². The molecule has 29 valence electrons. The Labute approximate surface area is 32.6 Å². The fraction of sp³-hybridized carbons (Fsp3) is 0.750. The SMILES string of the molecule is [CH2+]C(C)(C)[O]. The molecular formula is C4H8O+. The van der Waals surface area contributed by atoms with Crippen molar-refractivity contribution in [3.05, 3.63) is 6.92 Å². The van der Waals surface area contributed by atoms with Gasteiger partial charge < -0.3 is 0 Å². The molecule has 0 spiro atoms. The topological polar surface area (TPSA) is 19.9 Å². The molecule has 1 radical (unpaired) electrons. The second-order valence-electron chi connectivity index (χ2n) is 1.76. The smallest absolute Gasteiger partial charge is 0.178 e. The molecule has 1 nitrogen and oxygen atoms in total. The molecule has 5 heavy (non-hydrogen) atoms. The standard InChI is InChI=1S/C4H8O/c1-4(2,3)5/h1H2,2-3H3/q+1. The molecule has 0 fully saturated rings. The van der Waals surface area contributed by atoms with E-state index in [4.69, 9.17) is 0 Å². The van der Waals surface area contributed by atoms with Gasteiger partial charge in [-0.15, -0.1) is 0 Å². The number of hydrogen-bond donors (Lipinski definition) is 0. The van der Waals surface area contributed by atoms with Crippen LogP contribution in [0.2, 0.25) is 0 Å². The average Bonchev–Trinajstić information content (AvgIpc) is 0.722. The minimum absolute atomic E-state index is 1.00. The Balaban J connectivity index is 3.02. The molecule has 0 aliphatic heterocycles. The summed E-state index contributed by atoms with van der Waals surface area (Å²) in [6, 6.07) is 0.